The van der Waals surface area contributed by atoms with E-state index >= 15 is 0 Å². The van der Waals surface area contributed by atoms with Crippen LogP contribution in [0.4, 0.5) is 5.69 Å². The van der Waals surface area contributed by atoms with Gasteiger partial charge in [0.2, 0.25) is 0 Å². The summed E-state index contributed by atoms with van der Waals surface area (Å²) in [5.74, 6) is -0.589. The van der Waals surface area contributed by atoms with Crippen LogP contribution in [0, 0.1) is 10.1 Å². The summed E-state index contributed by atoms with van der Waals surface area (Å²) in [7, 11) is 0. The molecule has 1 aromatic rings. The van der Waals surface area contributed by atoms with Crippen LogP contribution in [0.3, 0.4) is 0 Å². The molecule has 0 aliphatic carbocycles. The van der Waals surface area contributed by atoms with Crippen molar-refractivity contribution >= 4 is 23.2 Å². The molecule has 0 aliphatic heterocycles. The van der Waals surface area contributed by atoms with Crippen LogP contribution in [-0.2, 0) is 0 Å². The SMILES string of the molecule is NC/C=C/CNC(=O)c1c(Cl)cccc1[N+](=O)[O-]. The molecule has 0 bridgehead atoms. The maximum absolute atomic E-state index is 11.8. The van der Waals surface area contributed by atoms with Crippen LogP contribution in [-0.4, -0.2) is 23.9 Å². The van der Waals surface area contributed by atoms with E-state index in [0.717, 1.165) is 0 Å². The molecule has 0 heterocycles. The molecule has 3 N–H and O–H groups in total. The third kappa shape index (κ3) is 3.54. The molecule has 96 valence electrons. The molecule has 1 amide bonds. The topological polar surface area (TPSA) is 98.3 Å². The average molecular weight is 270 g/mol. The summed E-state index contributed by atoms with van der Waals surface area (Å²) in [6, 6.07) is 4.08. The van der Waals surface area contributed by atoms with E-state index in [1.807, 2.05) is 0 Å². The third-order valence-electron chi connectivity index (χ3n) is 2.10. The Morgan fingerprint density at radius 2 is 2.22 bits per heavy atom. The fourth-order valence-electron chi connectivity index (χ4n) is 1.31. The van der Waals surface area contributed by atoms with Gasteiger partial charge in [-0.3, -0.25) is 14.9 Å². The highest BCUT2D eigenvalue weighted by Gasteiger charge is 2.22. The van der Waals surface area contributed by atoms with Crippen molar-refractivity contribution in [3.63, 3.8) is 0 Å². The van der Waals surface area contributed by atoms with E-state index in [9.17, 15) is 14.9 Å². The minimum Gasteiger partial charge on any atom is -0.348 e. The molecular weight excluding hydrogens is 258 g/mol. The molecule has 0 aromatic heterocycles. The molecule has 18 heavy (non-hydrogen) atoms. The average Bonchev–Trinajstić information content (AvgIpc) is 2.34. The van der Waals surface area contributed by atoms with Crippen molar-refractivity contribution < 1.29 is 9.72 Å². The molecule has 7 heteroatoms. The fraction of sp³-hybridized carbons (Fsp3) is 0.182. The summed E-state index contributed by atoms with van der Waals surface area (Å²) < 4.78 is 0. The molecule has 0 fully saturated rings. The quantitative estimate of drug-likeness (QED) is 0.481. The predicted molar refractivity (Wildman–Crippen MR) is 68.6 cm³/mol. The highest BCUT2D eigenvalue weighted by molar-refractivity contribution is 6.34. The van der Waals surface area contributed by atoms with Crippen LogP contribution >= 0.6 is 11.6 Å². The number of rotatable bonds is 5. The Kier molecular flexibility index (Phi) is 5.29. The van der Waals surface area contributed by atoms with Crippen molar-refractivity contribution in [3.8, 4) is 0 Å². The van der Waals surface area contributed by atoms with Crippen LogP contribution in [0.2, 0.25) is 5.02 Å². The molecule has 0 spiro atoms. The molecule has 0 aliphatic rings. The molecule has 0 saturated heterocycles. The summed E-state index contributed by atoms with van der Waals surface area (Å²) >= 11 is 5.81. The number of nitrogens with two attached hydrogens (primary N) is 1. The van der Waals surface area contributed by atoms with E-state index in [1.165, 1.54) is 18.2 Å². The van der Waals surface area contributed by atoms with Crippen molar-refractivity contribution in [3.05, 3.63) is 51.1 Å². The summed E-state index contributed by atoms with van der Waals surface area (Å²) in [6.45, 7) is 0.598. The Labute approximate surface area is 109 Å². The molecule has 1 aromatic carbocycles. The standard InChI is InChI=1S/C11H12ClN3O3/c12-8-4-3-5-9(15(17)18)10(8)11(16)14-7-2-1-6-13/h1-5H,6-7,13H2,(H,14,16)/b2-1+. The Bertz CT molecular complexity index is 488. The summed E-state index contributed by atoms with van der Waals surface area (Å²) in [4.78, 5) is 21.9. The molecule has 0 radical (unpaired) electrons. The van der Waals surface area contributed by atoms with Crippen LogP contribution < -0.4 is 11.1 Å². The molecule has 0 atom stereocenters. The Hall–Kier alpha value is -1.92. The number of hydrogen-bond acceptors (Lipinski definition) is 4. The number of amides is 1. The second kappa shape index (κ2) is 6.73. The molecule has 0 saturated carbocycles. The number of benzene rings is 1. The van der Waals surface area contributed by atoms with Gasteiger partial charge in [-0.15, -0.1) is 0 Å². The predicted octanol–water partition coefficient (Wildman–Crippen LogP) is 1.49. The van der Waals surface area contributed by atoms with Gasteiger partial charge in [-0.05, 0) is 6.07 Å². The van der Waals surface area contributed by atoms with E-state index in [1.54, 1.807) is 12.2 Å². The van der Waals surface area contributed by atoms with E-state index in [-0.39, 0.29) is 22.8 Å². The first-order valence-corrected chi connectivity index (χ1v) is 5.52. The number of nitrogens with zero attached hydrogens (tertiary/aromatic N) is 1. The highest BCUT2D eigenvalue weighted by atomic mass is 35.5. The van der Waals surface area contributed by atoms with E-state index in [4.69, 9.17) is 17.3 Å². The lowest BCUT2D eigenvalue weighted by Gasteiger charge is -2.05. The number of nitrogens with one attached hydrogen (secondary N) is 1. The van der Waals surface area contributed by atoms with Crippen molar-refractivity contribution in [2.75, 3.05) is 13.1 Å². The Morgan fingerprint density at radius 1 is 1.50 bits per heavy atom. The number of carbonyl (C=O) groups is 1. The van der Waals surface area contributed by atoms with E-state index in [0.29, 0.717) is 6.54 Å². The Balaban J connectivity index is 2.91. The summed E-state index contributed by atoms with van der Waals surface area (Å²) in [6.07, 6.45) is 3.32. The van der Waals surface area contributed by atoms with E-state index < -0.39 is 10.8 Å². The van der Waals surface area contributed by atoms with Gasteiger partial charge in [0.1, 0.15) is 5.56 Å². The lowest BCUT2D eigenvalue weighted by molar-refractivity contribution is -0.385. The maximum atomic E-state index is 11.8. The number of hydrogen-bond donors (Lipinski definition) is 2. The van der Waals surface area contributed by atoms with Gasteiger partial charge >= 0.3 is 0 Å². The maximum Gasteiger partial charge on any atom is 0.283 e. The van der Waals surface area contributed by atoms with Gasteiger partial charge in [0, 0.05) is 19.2 Å². The largest absolute Gasteiger partial charge is 0.348 e. The molecule has 0 unspecified atom stereocenters. The van der Waals surface area contributed by atoms with Gasteiger partial charge in [0.25, 0.3) is 11.6 Å². The Morgan fingerprint density at radius 3 is 2.83 bits per heavy atom. The number of nitro benzene ring substituents is 1. The van der Waals surface area contributed by atoms with Crippen molar-refractivity contribution in [2.24, 2.45) is 5.73 Å². The van der Waals surface area contributed by atoms with Gasteiger partial charge in [-0.25, -0.2) is 0 Å². The van der Waals surface area contributed by atoms with Gasteiger partial charge in [-0.2, -0.15) is 0 Å². The van der Waals surface area contributed by atoms with Crippen molar-refractivity contribution in [1.82, 2.24) is 5.32 Å². The van der Waals surface area contributed by atoms with Crippen molar-refractivity contribution in [1.29, 1.82) is 0 Å². The van der Waals surface area contributed by atoms with Gasteiger partial charge in [-0.1, -0.05) is 29.8 Å². The van der Waals surface area contributed by atoms with Crippen LogP contribution in [0.15, 0.2) is 30.4 Å². The first kappa shape index (κ1) is 14.1. The van der Waals surface area contributed by atoms with Crippen LogP contribution in [0.5, 0.6) is 0 Å². The lowest BCUT2D eigenvalue weighted by atomic mass is 10.1. The van der Waals surface area contributed by atoms with E-state index in [2.05, 4.69) is 5.32 Å². The van der Waals surface area contributed by atoms with Crippen LogP contribution in [0.25, 0.3) is 0 Å². The van der Waals surface area contributed by atoms with Gasteiger partial charge < -0.3 is 11.1 Å². The number of halogens is 1. The summed E-state index contributed by atoms with van der Waals surface area (Å²) in [5, 5.41) is 13.3. The second-order valence-electron chi connectivity index (χ2n) is 3.31. The zero-order valence-electron chi connectivity index (χ0n) is 9.43. The first-order valence-electron chi connectivity index (χ1n) is 5.14. The fourth-order valence-corrected chi connectivity index (χ4v) is 1.56. The number of nitro groups is 1. The van der Waals surface area contributed by atoms with Crippen LogP contribution in [0.1, 0.15) is 10.4 Å². The number of carbonyl (C=O) groups excluding carboxylic acids is 1. The highest BCUT2D eigenvalue weighted by Crippen LogP contribution is 2.25. The third-order valence-corrected chi connectivity index (χ3v) is 2.41. The normalized spacial score (nSPS) is 10.6. The monoisotopic (exact) mass is 269 g/mol. The molecule has 1 rings (SSSR count). The lowest BCUT2D eigenvalue weighted by Crippen LogP contribution is -2.24. The minimum atomic E-state index is -0.642. The minimum absolute atomic E-state index is 0.0458. The summed E-state index contributed by atoms with van der Waals surface area (Å²) in [5.41, 5.74) is 4.78. The second-order valence-corrected chi connectivity index (χ2v) is 3.72. The first-order chi connectivity index (χ1) is 8.57. The van der Waals surface area contributed by atoms with Gasteiger partial charge in [0.15, 0.2) is 0 Å². The molecular formula is C11H12ClN3O3. The zero-order chi connectivity index (χ0) is 13.5. The zero-order valence-corrected chi connectivity index (χ0v) is 10.2. The van der Waals surface area contributed by atoms with Gasteiger partial charge in [0.05, 0.1) is 9.95 Å². The van der Waals surface area contributed by atoms with Crippen molar-refractivity contribution in [2.45, 2.75) is 0 Å². The smallest absolute Gasteiger partial charge is 0.283 e. The molecule has 6 nitrogen and oxygen atoms in total.